The van der Waals surface area contributed by atoms with Gasteiger partial charge in [-0.3, -0.25) is 9.78 Å². The minimum absolute atomic E-state index is 0.125. The van der Waals surface area contributed by atoms with Gasteiger partial charge in [0.2, 0.25) is 15.9 Å². The smallest absolute Gasteiger partial charge is 0.245 e. The van der Waals surface area contributed by atoms with Crippen molar-refractivity contribution in [1.82, 2.24) is 14.2 Å². The molecule has 0 aliphatic rings. The Hall–Kier alpha value is -3.07. The van der Waals surface area contributed by atoms with Crippen LogP contribution in [0.25, 0.3) is 10.9 Å². The fourth-order valence-electron chi connectivity index (χ4n) is 4.00. The summed E-state index contributed by atoms with van der Waals surface area (Å²) < 4.78 is 28.8. The Labute approximate surface area is 210 Å². The second-order valence-corrected chi connectivity index (χ2v) is 11.7. The lowest BCUT2D eigenvalue weighted by molar-refractivity contribution is -0.132. The molecule has 6 nitrogen and oxygen atoms in total. The predicted octanol–water partition coefficient (Wildman–Crippen LogP) is 5.23. The highest BCUT2D eigenvalue weighted by molar-refractivity contribution is 7.89. The van der Waals surface area contributed by atoms with E-state index in [1.807, 2.05) is 68.4 Å². The number of amides is 1. The van der Waals surface area contributed by atoms with Crippen molar-refractivity contribution in [2.75, 3.05) is 13.1 Å². The van der Waals surface area contributed by atoms with E-state index in [0.29, 0.717) is 25.0 Å². The van der Waals surface area contributed by atoms with Crippen molar-refractivity contribution in [1.29, 1.82) is 0 Å². The van der Waals surface area contributed by atoms with Gasteiger partial charge in [-0.05, 0) is 43.2 Å². The van der Waals surface area contributed by atoms with E-state index in [4.69, 9.17) is 0 Å². The van der Waals surface area contributed by atoms with Gasteiger partial charge in [0, 0.05) is 34.4 Å². The van der Waals surface area contributed by atoms with Gasteiger partial charge in [0.05, 0.1) is 18.6 Å². The molecule has 0 bridgehead atoms. The van der Waals surface area contributed by atoms with Crippen molar-refractivity contribution in [2.45, 2.75) is 38.3 Å². The first-order chi connectivity index (χ1) is 16.9. The number of pyridine rings is 1. The molecule has 2 heterocycles. The molecule has 2 aromatic carbocycles. The van der Waals surface area contributed by atoms with Crippen LogP contribution < -0.4 is 0 Å². The minimum atomic E-state index is -3.93. The highest BCUT2D eigenvalue weighted by atomic mass is 32.2. The maximum atomic E-state index is 13.7. The largest absolute Gasteiger partial charge is 0.332 e. The minimum Gasteiger partial charge on any atom is -0.332 e. The number of hydrogen-bond donors (Lipinski definition) is 0. The summed E-state index contributed by atoms with van der Waals surface area (Å²) in [4.78, 5) is 22.0. The van der Waals surface area contributed by atoms with Gasteiger partial charge in [0.15, 0.2) is 0 Å². The molecule has 0 aliphatic heterocycles. The molecule has 2 aromatic heterocycles. The molecule has 0 saturated heterocycles. The normalized spacial score (nSPS) is 11.7. The van der Waals surface area contributed by atoms with Crippen LogP contribution in [0.1, 0.15) is 28.7 Å². The second kappa shape index (κ2) is 11.1. The van der Waals surface area contributed by atoms with Crippen LogP contribution in [0.2, 0.25) is 0 Å². The monoisotopic (exact) mass is 507 g/mol. The molecule has 0 radical (unpaired) electrons. The maximum absolute atomic E-state index is 13.7. The number of para-hydroxylation sites is 1. The maximum Gasteiger partial charge on any atom is 0.245 e. The lowest BCUT2D eigenvalue weighted by atomic mass is 10.2. The highest BCUT2D eigenvalue weighted by Gasteiger charge is 2.30. The van der Waals surface area contributed by atoms with E-state index in [-0.39, 0.29) is 23.9 Å². The quantitative estimate of drug-likeness (QED) is 0.295. The fraction of sp³-hybridized carbons (Fsp3) is 0.259. The average Bonchev–Trinajstić information content (AvgIpc) is 3.28. The molecule has 0 saturated carbocycles. The molecule has 0 atom stereocenters. The summed E-state index contributed by atoms with van der Waals surface area (Å²) in [6.07, 6.45) is 2.18. The zero-order valence-corrected chi connectivity index (χ0v) is 21.6. The number of thiophene rings is 1. The first kappa shape index (κ1) is 25.0. The number of fused-ring (bicyclic) bond motifs is 1. The van der Waals surface area contributed by atoms with Crippen LogP contribution in [-0.4, -0.2) is 41.6 Å². The number of hydrogen-bond acceptors (Lipinski definition) is 5. The summed E-state index contributed by atoms with van der Waals surface area (Å²) in [6, 6.07) is 22.5. The highest BCUT2D eigenvalue weighted by Crippen LogP contribution is 2.25. The first-order valence-corrected chi connectivity index (χ1v) is 13.8. The molecular weight excluding hydrogens is 478 g/mol. The summed E-state index contributed by atoms with van der Waals surface area (Å²) in [7, 11) is -3.93. The van der Waals surface area contributed by atoms with Gasteiger partial charge in [0.1, 0.15) is 4.90 Å². The molecular formula is C27H29N3O3S2. The lowest BCUT2D eigenvalue weighted by Crippen LogP contribution is -2.42. The van der Waals surface area contributed by atoms with E-state index in [1.165, 1.54) is 9.18 Å². The van der Waals surface area contributed by atoms with Crippen LogP contribution in [0.4, 0.5) is 0 Å². The van der Waals surface area contributed by atoms with E-state index in [0.717, 1.165) is 15.8 Å². The third-order valence-electron chi connectivity index (χ3n) is 5.71. The number of sulfonamides is 1. The summed E-state index contributed by atoms with van der Waals surface area (Å²) in [5.74, 6) is -0.231. The molecule has 0 N–H and O–H groups in total. The van der Waals surface area contributed by atoms with Crippen LogP contribution in [-0.2, 0) is 27.9 Å². The second-order valence-electron chi connectivity index (χ2n) is 8.42. The van der Waals surface area contributed by atoms with Gasteiger partial charge in [-0.15, -0.1) is 11.3 Å². The van der Waals surface area contributed by atoms with Crippen LogP contribution in [0.3, 0.4) is 0 Å². The number of carbonyl (C=O) groups excluding carboxylic acids is 1. The number of aryl methyl sites for hydroxylation is 1. The van der Waals surface area contributed by atoms with Gasteiger partial charge >= 0.3 is 0 Å². The summed E-state index contributed by atoms with van der Waals surface area (Å²) in [5.41, 5.74) is 1.41. The van der Waals surface area contributed by atoms with Gasteiger partial charge < -0.3 is 4.90 Å². The van der Waals surface area contributed by atoms with E-state index >= 15 is 0 Å². The van der Waals surface area contributed by atoms with E-state index in [9.17, 15) is 13.2 Å². The average molecular weight is 508 g/mol. The summed E-state index contributed by atoms with van der Waals surface area (Å²) in [5, 5.41) is 0.745. The Morgan fingerprint density at radius 3 is 2.43 bits per heavy atom. The molecule has 4 aromatic rings. The SMILES string of the molecule is CCCN(CC(=O)N(Cc1ccccc1)Cc1ccc(C)s1)S(=O)(=O)c1cccc2cccnc12. The Bertz CT molecular complexity index is 1400. The zero-order chi connectivity index (χ0) is 24.8. The van der Waals surface area contributed by atoms with Crippen molar-refractivity contribution in [3.8, 4) is 0 Å². The standard InChI is InChI=1S/C27H29N3O3S2/c1-3-17-30(35(32,33)25-13-7-11-23-12-8-16-28-27(23)25)20-26(31)29(18-22-9-5-4-6-10-22)19-24-15-14-21(2)34-24/h4-16H,3,17-20H2,1-2H3. The fourth-order valence-corrected chi connectivity index (χ4v) is 6.56. The zero-order valence-electron chi connectivity index (χ0n) is 19.9. The van der Waals surface area contributed by atoms with Gasteiger partial charge in [-0.2, -0.15) is 4.31 Å². The third-order valence-corrected chi connectivity index (χ3v) is 8.57. The number of nitrogens with zero attached hydrogens (tertiary/aromatic N) is 3. The molecule has 0 unspecified atom stereocenters. The van der Waals surface area contributed by atoms with Gasteiger partial charge in [-0.1, -0.05) is 55.5 Å². The molecule has 1 amide bonds. The van der Waals surface area contributed by atoms with Gasteiger partial charge in [0.25, 0.3) is 0 Å². The van der Waals surface area contributed by atoms with E-state index in [1.54, 1.807) is 40.6 Å². The molecule has 0 fully saturated rings. The Morgan fingerprint density at radius 2 is 1.71 bits per heavy atom. The molecule has 8 heteroatoms. The summed E-state index contributed by atoms with van der Waals surface area (Å²) in [6.45, 7) is 4.80. The first-order valence-electron chi connectivity index (χ1n) is 11.6. The van der Waals surface area contributed by atoms with E-state index in [2.05, 4.69) is 4.98 Å². The molecule has 182 valence electrons. The number of carbonyl (C=O) groups is 1. The van der Waals surface area contributed by atoms with Crippen LogP contribution in [0.5, 0.6) is 0 Å². The van der Waals surface area contributed by atoms with Crippen molar-refractivity contribution in [3.63, 3.8) is 0 Å². The van der Waals surface area contributed by atoms with Crippen molar-refractivity contribution < 1.29 is 13.2 Å². The molecule has 0 aliphatic carbocycles. The van der Waals surface area contributed by atoms with E-state index < -0.39 is 10.0 Å². The molecule has 35 heavy (non-hydrogen) atoms. The number of aromatic nitrogens is 1. The molecule has 0 spiro atoms. The van der Waals surface area contributed by atoms with Crippen molar-refractivity contribution in [3.05, 3.63) is 94.3 Å². The van der Waals surface area contributed by atoms with Crippen molar-refractivity contribution >= 4 is 38.2 Å². The van der Waals surface area contributed by atoms with Crippen LogP contribution >= 0.6 is 11.3 Å². The number of benzene rings is 2. The van der Waals surface area contributed by atoms with Crippen LogP contribution in [0.15, 0.2) is 83.9 Å². The molecule has 4 rings (SSSR count). The topological polar surface area (TPSA) is 70.6 Å². The summed E-state index contributed by atoms with van der Waals surface area (Å²) >= 11 is 1.64. The third kappa shape index (κ3) is 5.96. The Morgan fingerprint density at radius 1 is 0.943 bits per heavy atom. The lowest BCUT2D eigenvalue weighted by Gasteiger charge is -2.27. The Balaban J connectivity index is 1.63. The predicted molar refractivity (Wildman–Crippen MR) is 141 cm³/mol. The van der Waals surface area contributed by atoms with Crippen molar-refractivity contribution in [2.24, 2.45) is 0 Å². The van der Waals surface area contributed by atoms with Crippen LogP contribution in [0, 0.1) is 6.92 Å². The van der Waals surface area contributed by atoms with Gasteiger partial charge in [-0.25, -0.2) is 8.42 Å². The Kier molecular flexibility index (Phi) is 7.95. The number of rotatable bonds is 10.